The zero-order valence-electron chi connectivity index (χ0n) is 16.1. The molecule has 0 atom stereocenters. The van der Waals surface area contributed by atoms with E-state index in [1.54, 1.807) is 36.9 Å². The molecule has 1 aliphatic rings. The molecule has 1 saturated heterocycles. The minimum absolute atomic E-state index is 0.0694. The third kappa shape index (κ3) is 3.61. The number of aryl methyl sites for hydroxylation is 2. The molecule has 1 fully saturated rings. The third-order valence-electron chi connectivity index (χ3n) is 5.09. The van der Waals surface area contributed by atoms with E-state index in [1.165, 1.54) is 16.7 Å². The van der Waals surface area contributed by atoms with Crippen LogP contribution >= 0.6 is 11.6 Å². The van der Waals surface area contributed by atoms with Gasteiger partial charge >= 0.3 is 5.69 Å². The first-order valence-electron chi connectivity index (χ1n) is 9.08. The van der Waals surface area contributed by atoms with E-state index in [9.17, 15) is 13.2 Å². The predicted molar refractivity (Wildman–Crippen MR) is 113 cm³/mol. The van der Waals surface area contributed by atoms with E-state index >= 15 is 0 Å². The molecule has 3 aromatic rings. The van der Waals surface area contributed by atoms with Gasteiger partial charge in [-0.1, -0.05) is 17.7 Å². The van der Waals surface area contributed by atoms with Crippen molar-refractivity contribution >= 4 is 44.0 Å². The van der Waals surface area contributed by atoms with Crippen molar-refractivity contribution in [2.45, 2.75) is 4.90 Å². The molecule has 0 aliphatic carbocycles. The SMILES string of the molecule is Cn1c(=O)n(C)c2cc(N3CCOCC3)c(NS(=O)(=O)c3cccc(Cl)c3)cc21. The van der Waals surface area contributed by atoms with Crippen molar-refractivity contribution in [2.75, 3.05) is 35.9 Å². The van der Waals surface area contributed by atoms with E-state index < -0.39 is 10.0 Å². The van der Waals surface area contributed by atoms with E-state index in [1.807, 2.05) is 6.07 Å². The van der Waals surface area contributed by atoms with Crippen LogP contribution in [-0.4, -0.2) is 43.9 Å². The van der Waals surface area contributed by atoms with Crippen LogP contribution in [-0.2, 0) is 28.9 Å². The minimum Gasteiger partial charge on any atom is -0.378 e. The van der Waals surface area contributed by atoms with E-state index in [4.69, 9.17) is 16.3 Å². The molecule has 2 aromatic carbocycles. The predicted octanol–water partition coefficient (Wildman–Crippen LogP) is 2.17. The van der Waals surface area contributed by atoms with Crippen LogP contribution < -0.4 is 15.3 Å². The van der Waals surface area contributed by atoms with Crippen LogP contribution in [0.2, 0.25) is 5.02 Å². The van der Waals surface area contributed by atoms with Gasteiger partial charge in [-0.2, -0.15) is 0 Å². The summed E-state index contributed by atoms with van der Waals surface area (Å²) in [5, 5.41) is 0.335. The fourth-order valence-corrected chi connectivity index (χ4v) is 4.89. The summed E-state index contributed by atoms with van der Waals surface area (Å²) in [6, 6.07) is 9.63. The summed E-state index contributed by atoms with van der Waals surface area (Å²) in [7, 11) is -0.509. The number of aromatic nitrogens is 2. The number of sulfonamides is 1. The van der Waals surface area contributed by atoms with Crippen LogP contribution in [0.5, 0.6) is 0 Å². The highest BCUT2D eigenvalue weighted by atomic mass is 35.5. The number of hydrogen-bond acceptors (Lipinski definition) is 5. The number of rotatable bonds is 4. The zero-order chi connectivity index (χ0) is 20.8. The molecule has 0 bridgehead atoms. The molecule has 1 aromatic heterocycles. The van der Waals surface area contributed by atoms with Crippen molar-refractivity contribution < 1.29 is 13.2 Å². The van der Waals surface area contributed by atoms with E-state index in [0.29, 0.717) is 48.2 Å². The van der Waals surface area contributed by atoms with Gasteiger partial charge in [-0.15, -0.1) is 0 Å². The highest BCUT2D eigenvalue weighted by Gasteiger charge is 2.23. The standard InChI is InChI=1S/C19H21ClN4O4S/c1-22-17-11-15(21-29(26,27)14-5-3-4-13(20)10-14)16(24-6-8-28-9-7-24)12-18(17)23(2)19(22)25/h3-5,10-12,21H,6-9H2,1-2H3. The Morgan fingerprint density at radius 2 is 1.69 bits per heavy atom. The molecule has 2 heterocycles. The first-order chi connectivity index (χ1) is 13.8. The van der Waals surface area contributed by atoms with Gasteiger partial charge in [-0.25, -0.2) is 13.2 Å². The van der Waals surface area contributed by atoms with Gasteiger partial charge < -0.3 is 9.64 Å². The Kier molecular flexibility index (Phi) is 5.05. The second-order valence-corrected chi connectivity index (χ2v) is 9.04. The molecule has 1 N–H and O–H groups in total. The fourth-order valence-electron chi connectivity index (χ4n) is 3.52. The smallest absolute Gasteiger partial charge is 0.328 e. The number of morpholine rings is 1. The molecule has 8 nitrogen and oxygen atoms in total. The zero-order valence-corrected chi connectivity index (χ0v) is 17.6. The number of hydrogen-bond donors (Lipinski definition) is 1. The maximum absolute atomic E-state index is 13.0. The normalized spacial score (nSPS) is 15.1. The Balaban J connectivity index is 1.87. The van der Waals surface area contributed by atoms with Crippen LogP contribution in [0.3, 0.4) is 0 Å². The topological polar surface area (TPSA) is 85.6 Å². The van der Waals surface area contributed by atoms with Crippen LogP contribution in [0.1, 0.15) is 0 Å². The van der Waals surface area contributed by atoms with Crippen molar-refractivity contribution in [1.29, 1.82) is 0 Å². The lowest BCUT2D eigenvalue weighted by molar-refractivity contribution is 0.123. The molecule has 4 rings (SSSR count). The second kappa shape index (κ2) is 7.40. The fraction of sp³-hybridized carbons (Fsp3) is 0.316. The van der Waals surface area contributed by atoms with E-state index in [0.717, 1.165) is 5.52 Å². The number of benzene rings is 2. The lowest BCUT2D eigenvalue weighted by Gasteiger charge is -2.30. The summed E-state index contributed by atoms with van der Waals surface area (Å²) < 4.78 is 37.1. The molecule has 0 spiro atoms. The number of nitrogens with zero attached hydrogens (tertiary/aromatic N) is 3. The highest BCUT2D eigenvalue weighted by Crippen LogP contribution is 2.33. The maximum Gasteiger partial charge on any atom is 0.328 e. The van der Waals surface area contributed by atoms with Gasteiger partial charge in [0.15, 0.2) is 0 Å². The molecule has 0 unspecified atom stereocenters. The van der Waals surface area contributed by atoms with Gasteiger partial charge in [0.05, 0.1) is 40.5 Å². The van der Waals surface area contributed by atoms with Gasteiger partial charge in [0, 0.05) is 32.2 Å². The molecule has 0 radical (unpaired) electrons. The summed E-state index contributed by atoms with van der Waals surface area (Å²) in [6.45, 7) is 2.34. The van der Waals surface area contributed by atoms with Crippen molar-refractivity contribution in [3.8, 4) is 0 Å². The molecule has 0 amide bonds. The Labute approximate surface area is 173 Å². The number of fused-ring (bicyclic) bond motifs is 1. The Bertz CT molecular complexity index is 1240. The number of anilines is 2. The average Bonchev–Trinajstić information content (AvgIpc) is 2.91. The van der Waals surface area contributed by atoms with Gasteiger partial charge in [0.2, 0.25) is 0 Å². The van der Waals surface area contributed by atoms with Crippen LogP contribution in [0.25, 0.3) is 11.0 Å². The first kappa shape index (κ1) is 19.8. The number of nitrogens with one attached hydrogen (secondary N) is 1. The summed E-state index contributed by atoms with van der Waals surface area (Å²) in [6.07, 6.45) is 0. The molecule has 154 valence electrons. The van der Waals surface area contributed by atoms with Gasteiger partial charge in [0.25, 0.3) is 10.0 Å². The van der Waals surface area contributed by atoms with E-state index in [2.05, 4.69) is 9.62 Å². The van der Waals surface area contributed by atoms with Crippen LogP contribution in [0.15, 0.2) is 46.1 Å². The molecule has 29 heavy (non-hydrogen) atoms. The van der Waals surface area contributed by atoms with E-state index in [-0.39, 0.29) is 10.6 Å². The summed E-state index contributed by atoms with van der Waals surface area (Å²) in [5.74, 6) is 0. The summed E-state index contributed by atoms with van der Waals surface area (Å²) in [5.41, 5.74) is 2.29. The second-order valence-electron chi connectivity index (χ2n) is 6.92. The Hall–Kier alpha value is -2.49. The van der Waals surface area contributed by atoms with Gasteiger partial charge in [-0.05, 0) is 30.3 Å². The first-order valence-corrected chi connectivity index (χ1v) is 10.9. The molecule has 1 aliphatic heterocycles. The summed E-state index contributed by atoms with van der Waals surface area (Å²) in [4.78, 5) is 14.5. The number of imidazole rings is 1. The van der Waals surface area contributed by atoms with Crippen molar-refractivity contribution in [2.24, 2.45) is 14.1 Å². The third-order valence-corrected chi connectivity index (χ3v) is 6.69. The van der Waals surface area contributed by atoms with Gasteiger partial charge in [-0.3, -0.25) is 13.9 Å². The van der Waals surface area contributed by atoms with Crippen molar-refractivity contribution in [3.63, 3.8) is 0 Å². The Morgan fingerprint density at radius 3 is 2.34 bits per heavy atom. The maximum atomic E-state index is 13.0. The molecule has 0 saturated carbocycles. The Morgan fingerprint density at radius 1 is 1.03 bits per heavy atom. The molecule has 10 heteroatoms. The van der Waals surface area contributed by atoms with Crippen LogP contribution in [0.4, 0.5) is 11.4 Å². The number of ether oxygens (including phenoxy) is 1. The largest absolute Gasteiger partial charge is 0.378 e. The molecular weight excluding hydrogens is 416 g/mol. The number of halogens is 1. The quantitative estimate of drug-likeness (QED) is 0.677. The van der Waals surface area contributed by atoms with Crippen LogP contribution in [0, 0.1) is 0 Å². The van der Waals surface area contributed by atoms with Crippen molar-refractivity contribution in [1.82, 2.24) is 9.13 Å². The highest BCUT2D eigenvalue weighted by molar-refractivity contribution is 7.92. The lowest BCUT2D eigenvalue weighted by Crippen LogP contribution is -2.36. The monoisotopic (exact) mass is 436 g/mol. The lowest BCUT2D eigenvalue weighted by atomic mass is 10.2. The average molecular weight is 437 g/mol. The molecular formula is C19H21ClN4O4S. The minimum atomic E-state index is -3.87. The van der Waals surface area contributed by atoms with Gasteiger partial charge in [0.1, 0.15) is 0 Å². The van der Waals surface area contributed by atoms with Crippen molar-refractivity contribution in [3.05, 3.63) is 51.9 Å². The summed E-state index contributed by atoms with van der Waals surface area (Å²) >= 11 is 5.97.